The van der Waals surface area contributed by atoms with Gasteiger partial charge in [-0.15, -0.1) is 0 Å². The molecule has 0 aromatic carbocycles. The summed E-state index contributed by atoms with van der Waals surface area (Å²) in [6, 6.07) is 1.11. The Morgan fingerprint density at radius 2 is 2.00 bits per heavy atom. The van der Waals surface area contributed by atoms with Crippen LogP contribution < -0.4 is 11.2 Å². The third kappa shape index (κ3) is 2.57. The number of hydrogen-bond acceptors (Lipinski definition) is 4. The van der Waals surface area contributed by atoms with Crippen LogP contribution >= 0.6 is 0 Å². The van der Waals surface area contributed by atoms with Gasteiger partial charge in [0.25, 0.3) is 11.5 Å². The molecule has 1 amide bonds. The summed E-state index contributed by atoms with van der Waals surface area (Å²) in [5, 5.41) is 7.03. The number of nitrogens with one attached hydrogen (secondary N) is 1. The second-order valence-corrected chi connectivity index (χ2v) is 6.25. The van der Waals surface area contributed by atoms with Gasteiger partial charge in [-0.3, -0.25) is 23.8 Å². The summed E-state index contributed by atoms with van der Waals surface area (Å²) in [6.45, 7) is 2.54. The maximum atomic E-state index is 13.0. The van der Waals surface area contributed by atoms with Crippen LogP contribution in [0.25, 0.3) is 0 Å². The van der Waals surface area contributed by atoms with Crippen LogP contribution in [0.2, 0.25) is 0 Å². The average molecular weight is 331 g/mol. The van der Waals surface area contributed by atoms with Crippen molar-refractivity contribution in [1.82, 2.24) is 24.2 Å². The van der Waals surface area contributed by atoms with Crippen molar-refractivity contribution in [3.05, 3.63) is 50.1 Å². The first-order valence-electron chi connectivity index (χ1n) is 7.99. The first-order valence-corrected chi connectivity index (χ1v) is 7.99. The van der Waals surface area contributed by atoms with E-state index in [0.29, 0.717) is 6.54 Å². The van der Waals surface area contributed by atoms with Gasteiger partial charge in [-0.1, -0.05) is 0 Å². The summed E-state index contributed by atoms with van der Waals surface area (Å²) < 4.78 is 2.22. The van der Waals surface area contributed by atoms with Gasteiger partial charge in [-0.05, 0) is 31.7 Å². The smallest absolute Gasteiger partial charge is 0.329 e. The van der Waals surface area contributed by atoms with Crippen molar-refractivity contribution < 1.29 is 4.79 Å². The number of aromatic nitrogens is 4. The van der Waals surface area contributed by atoms with Crippen LogP contribution in [0.15, 0.2) is 21.9 Å². The van der Waals surface area contributed by atoms with E-state index in [0.717, 1.165) is 35.1 Å². The molecule has 1 saturated heterocycles. The third-order valence-corrected chi connectivity index (χ3v) is 4.71. The van der Waals surface area contributed by atoms with Gasteiger partial charge >= 0.3 is 5.69 Å². The van der Waals surface area contributed by atoms with E-state index in [9.17, 15) is 14.4 Å². The SMILES string of the molecule is Cc1cn[nH]c1C1CCCCN1C(=O)c1cc(=O)n(C)c(=O)n1C. The highest BCUT2D eigenvalue weighted by molar-refractivity contribution is 5.92. The van der Waals surface area contributed by atoms with Gasteiger partial charge in [-0.25, -0.2) is 4.79 Å². The topological polar surface area (TPSA) is 93.0 Å². The number of nitrogens with zero attached hydrogens (tertiary/aromatic N) is 4. The van der Waals surface area contributed by atoms with E-state index in [-0.39, 0.29) is 17.6 Å². The highest BCUT2D eigenvalue weighted by Crippen LogP contribution is 2.32. The lowest BCUT2D eigenvalue weighted by Gasteiger charge is -2.35. The molecule has 1 aliphatic heterocycles. The number of carbonyl (C=O) groups is 1. The van der Waals surface area contributed by atoms with Gasteiger partial charge in [0, 0.05) is 26.7 Å². The zero-order valence-corrected chi connectivity index (χ0v) is 14.1. The second-order valence-electron chi connectivity index (χ2n) is 6.25. The molecule has 2 aromatic heterocycles. The Bertz CT molecular complexity index is 892. The zero-order chi connectivity index (χ0) is 17.4. The van der Waals surface area contributed by atoms with Gasteiger partial charge < -0.3 is 4.90 Å². The van der Waals surface area contributed by atoms with Crippen LogP contribution in [0.1, 0.15) is 47.1 Å². The summed E-state index contributed by atoms with van der Waals surface area (Å²) in [4.78, 5) is 38.8. The van der Waals surface area contributed by atoms with E-state index in [1.807, 2.05) is 6.92 Å². The van der Waals surface area contributed by atoms with E-state index in [1.165, 1.54) is 24.7 Å². The lowest BCUT2D eigenvalue weighted by atomic mass is 9.97. The minimum absolute atomic E-state index is 0.118. The van der Waals surface area contributed by atoms with E-state index in [4.69, 9.17) is 0 Å². The normalized spacial score (nSPS) is 18.0. The van der Waals surface area contributed by atoms with Crippen LogP contribution in [0.3, 0.4) is 0 Å². The van der Waals surface area contributed by atoms with Crippen molar-refractivity contribution in [2.24, 2.45) is 14.1 Å². The van der Waals surface area contributed by atoms with Gasteiger partial charge in [0.2, 0.25) is 0 Å². The Morgan fingerprint density at radius 1 is 1.25 bits per heavy atom. The third-order valence-electron chi connectivity index (χ3n) is 4.71. The molecule has 8 nitrogen and oxygen atoms in total. The molecule has 0 bridgehead atoms. The minimum atomic E-state index is -0.503. The molecule has 24 heavy (non-hydrogen) atoms. The second kappa shape index (κ2) is 6.10. The van der Waals surface area contributed by atoms with Crippen LogP contribution in [0, 0.1) is 6.92 Å². The van der Waals surface area contributed by atoms with Crippen molar-refractivity contribution in [2.45, 2.75) is 32.2 Å². The Morgan fingerprint density at radius 3 is 2.67 bits per heavy atom. The maximum absolute atomic E-state index is 13.0. The number of piperidine rings is 1. The Kier molecular flexibility index (Phi) is 4.13. The molecular formula is C16H21N5O3. The number of hydrogen-bond donors (Lipinski definition) is 1. The fourth-order valence-corrected chi connectivity index (χ4v) is 3.25. The number of likely N-dealkylation sites (tertiary alicyclic amines) is 1. The molecule has 1 N–H and O–H groups in total. The van der Waals surface area contributed by atoms with E-state index >= 15 is 0 Å². The van der Waals surface area contributed by atoms with Crippen molar-refractivity contribution in [2.75, 3.05) is 6.54 Å². The van der Waals surface area contributed by atoms with Crippen molar-refractivity contribution >= 4 is 5.91 Å². The molecule has 1 atom stereocenters. The number of rotatable bonds is 2. The van der Waals surface area contributed by atoms with Crippen LogP contribution in [0.4, 0.5) is 0 Å². The summed E-state index contributed by atoms with van der Waals surface area (Å²) in [7, 11) is 2.91. The summed E-state index contributed by atoms with van der Waals surface area (Å²) in [5.41, 5.74) is 1.05. The van der Waals surface area contributed by atoms with Crippen molar-refractivity contribution in [3.8, 4) is 0 Å². The maximum Gasteiger partial charge on any atom is 0.331 e. The monoisotopic (exact) mass is 331 g/mol. The average Bonchev–Trinajstić information content (AvgIpc) is 3.01. The molecule has 8 heteroatoms. The number of amides is 1. The molecule has 0 aliphatic carbocycles. The van der Waals surface area contributed by atoms with Gasteiger partial charge in [0.05, 0.1) is 17.9 Å². The van der Waals surface area contributed by atoms with Gasteiger partial charge in [-0.2, -0.15) is 5.10 Å². The fourth-order valence-electron chi connectivity index (χ4n) is 3.25. The number of H-pyrrole nitrogens is 1. The molecule has 0 radical (unpaired) electrons. The van der Waals surface area contributed by atoms with Crippen LogP contribution in [-0.2, 0) is 14.1 Å². The molecule has 1 fully saturated rings. The Hall–Kier alpha value is -2.64. The molecule has 0 spiro atoms. The molecule has 128 valence electrons. The van der Waals surface area contributed by atoms with E-state index in [1.54, 1.807) is 11.1 Å². The first kappa shape index (κ1) is 16.2. The highest BCUT2D eigenvalue weighted by Gasteiger charge is 2.32. The number of carbonyl (C=O) groups excluding carboxylic acids is 1. The molecule has 2 aromatic rings. The minimum Gasteiger partial charge on any atom is -0.329 e. The van der Waals surface area contributed by atoms with E-state index < -0.39 is 11.2 Å². The lowest BCUT2D eigenvalue weighted by Crippen LogP contribution is -2.44. The summed E-state index contributed by atoms with van der Waals surface area (Å²) >= 11 is 0. The molecule has 3 heterocycles. The summed E-state index contributed by atoms with van der Waals surface area (Å²) in [5.74, 6) is -0.300. The Balaban J connectivity index is 2.04. The van der Waals surface area contributed by atoms with Crippen LogP contribution in [0.5, 0.6) is 0 Å². The van der Waals surface area contributed by atoms with E-state index in [2.05, 4.69) is 10.2 Å². The Labute approximate surface area is 138 Å². The first-order chi connectivity index (χ1) is 11.4. The number of aromatic amines is 1. The predicted molar refractivity (Wildman–Crippen MR) is 87.9 cm³/mol. The zero-order valence-electron chi connectivity index (χ0n) is 14.1. The standard InChI is InChI=1S/C16H21N5O3/c1-10-9-17-18-14(10)11-6-4-5-7-21(11)15(23)12-8-13(22)20(3)16(24)19(12)2/h8-9,11H,4-7H2,1-3H3,(H,17,18). The summed E-state index contributed by atoms with van der Waals surface area (Å²) in [6.07, 6.45) is 4.48. The molecular weight excluding hydrogens is 310 g/mol. The highest BCUT2D eigenvalue weighted by atomic mass is 16.2. The lowest BCUT2D eigenvalue weighted by molar-refractivity contribution is 0.0593. The largest absolute Gasteiger partial charge is 0.331 e. The van der Waals surface area contributed by atoms with Crippen molar-refractivity contribution in [3.63, 3.8) is 0 Å². The molecule has 3 rings (SSSR count). The van der Waals surface area contributed by atoms with Gasteiger partial charge in [0.1, 0.15) is 5.69 Å². The molecule has 1 unspecified atom stereocenters. The predicted octanol–water partition coefficient (Wildman–Crippen LogP) is 0.483. The van der Waals surface area contributed by atoms with Crippen molar-refractivity contribution in [1.29, 1.82) is 0 Å². The quantitative estimate of drug-likeness (QED) is 0.866. The molecule has 1 aliphatic rings. The molecule has 0 saturated carbocycles. The van der Waals surface area contributed by atoms with Crippen LogP contribution in [-0.4, -0.2) is 36.7 Å². The fraction of sp³-hybridized carbons (Fsp3) is 0.500. The number of aryl methyl sites for hydroxylation is 1. The van der Waals surface area contributed by atoms with Gasteiger partial charge in [0.15, 0.2) is 0 Å².